The summed E-state index contributed by atoms with van der Waals surface area (Å²) in [5.74, 6) is 9.10. The van der Waals surface area contributed by atoms with Crippen LogP contribution in [-0.2, 0) is 22.6 Å². The number of hydrogen-bond donors (Lipinski definition) is 0. The fourth-order valence-electron chi connectivity index (χ4n) is 5.94. The topological polar surface area (TPSA) is 80.5 Å². The first kappa shape index (κ1) is 22.4. The van der Waals surface area contributed by atoms with Crippen molar-refractivity contribution in [2.24, 2.45) is 11.8 Å². The van der Waals surface area contributed by atoms with Gasteiger partial charge in [0, 0.05) is 44.6 Å². The van der Waals surface area contributed by atoms with Gasteiger partial charge in [-0.05, 0) is 68.9 Å². The molecular formula is C28H33N5O2. The highest BCUT2D eigenvalue weighted by atomic mass is 16.2. The summed E-state index contributed by atoms with van der Waals surface area (Å²) in [6, 6.07) is 2.28. The summed E-state index contributed by atoms with van der Waals surface area (Å²) >= 11 is 0. The lowest BCUT2D eigenvalue weighted by molar-refractivity contribution is -0.136. The Morgan fingerprint density at radius 2 is 1.86 bits per heavy atom. The molecule has 1 saturated heterocycles. The van der Waals surface area contributed by atoms with E-state index in [9.17, 15) is 9.59 Å². The molecule has 0 radical (unpaired) electrons. The van der Waals surface area contributed by atoms with Crippen molar-refractivity contribution in [2.45, 2.75) is 76.8 Å². The minimum absolute atomic E-state index is 0.0758. The number of piperazine rings is 1. The molecule has 1 atom stereocenters. The van der Waals surface area contributed by atoms with Gasteiger partial charge in [0.2, 0.25) is 11.8 Å². The van der Waals surface area contributed by atoms with Gasteiger partial charge in [0.25, 0.3) is 0 Å². The number of anilines is 1. The van der Waals surface area contributed by atoms with Gasteiger partial charge in [0.15, 0.2) is 0 Å². The summed E-state index contributed by atoms with van der Waals surface area (Å²) < 4.78 is 0. The molecule has 35 heavy (non-hydrogen) atoms. The van der Waals surface area contributed by atoms with Crippen LogP contribution in [0.25, 0.3) is 0 Å². The van der Waals surface area contributed by atoms with Crippen LogP contribution in [0.15, 0.2) is 0 Å². The largest absolute Gasteiger partial charge is 0.352 e. The maximum Gasteiger partial charge on any atom is 0.237 e. The number of hydrogen-bond acceptors (Lipinski definition) is 5. The SMILES string of the molecule is CC#Cc1c(N2CCN(C(=O)C3CC3)C(C3CC3)C2)nc(C2CC2)c2c1CCN(C(=O)CC#N)C2. The van der Waals surface area contributed by atoms with Gasteiger partial charge in [-0.25, -0.2) is 4.98 Å². The molecule has 0 spiro atoms. The summed E-state index contributed by atoms with van der Waals surface area (Å²) in [6.45, 7) is 5.42. The molecule has 1 aromatic rings. The third kappa shape index (κ3) is 4.27. The molecule has 0 N–H and O–H groups in total. The number of rotatable bonds is 5. The highest BCUT2D eigenvalue weighted by Crippen LogP contribution is 2.46. The van der Waals surface area contributed by atoms with Crippen molar-refractivity contribution in [2.75, 3.05) is 31.1 Å². The Morgan fingerprint density at radius 1 is 1.06 bits per heavy atom. The average molecular weight is 472 g/mol. The number of aromatic nitrogens is 1. The molecule has 3 heterocycles. The number of amides is 2. The van der Waals surface area contributed by atoms with Gasteiger partial charge in [0.05, 0.1) is 23.4 Å². The van der Waals surface area contributed by atoms with Gasteiger partial charge in [-0.15, -0.1) is 5.92 Å². The summed E-state index contributed by atoms with van der Waals surface area (Å²) in [6.07, 6.45) is 7.48. The Kier molecular flexibility index (Phi) is 5.67. The van der Waals surface area contributed by atoms with Gasteiger partial charge >= 0.3 is 0 Å². The third-order valence-corrected chi connectivity index (χ3v) is 8.30. The molecule has 3 aliphatic carbocycles. The molecule has 2 aliphatic heterocycles. The van der Waals surface area contributed by atoms with Crippen LogP contribution in [0.5, 0.6) is 0 Å². The molecule has 4 fully saturated rings. The Hall–Kier alpha value is -3.06. The van der Waals surface area contributed by atoms with Crippen molar-refractivity contribution in [1.29, 1.82) is 5.26 Å². The third-order valence-electron chi connectivity index (χ3n) is 8.30. The van der Waals surface area contributed by atoms with Crippen molar-refractivity contribution in [3.05, 3.63) is 22.4 Å². The Labute approximate surface area is 207 Å². The fourth-order valence-corrected chi connectivity index (χ4v) is 5.94. The average Bonchev–Trinajstić information content (AvgIpc) is 3.73. The number of carbonyl (C=O) groups excluding carboxylic acids is 2. The summed E-state index contributed by atoms with van der Waals surface area (Å²) in [5.41, 5.74) is 4.54. The minimum Gasteiger partial charge on any atom is -0.352 e. The number of nitrogens with zero attached hydrogens (tertiary/aromatic N) is 5. The monoisotopic (exact) mass is 471 g/mol. The van der Waals surface area contributed by atoms with Crippen LogP contribution in [0.1, 0.15) is 80.2 Å². The normalized spacial score (nSPS) is 23.8. The first-order chi connectivity index (χ1) is 17.1. The smallest absolute Gasteiger partial charge is 0.237 e. The van der Waals surface area contributed by atoms with Crippen molar-refractivity contribution in [3.63, 3.8) is 0 Å². The zero-order chi connectivity index (χ0) is 24.1. The number of fused-ring (bicyclic) bond motifs is 1. The fraction of sp³-hybridized carbons (Fsp3) is 0.643. The van der Waals surface area contributed by atoms with Gasteiger partial charge in [0.1, 0.15) is 12.2 Å². The lowest BCUT2D eigenvalue weighted by Gasteiger charge is -2.43. The molecule has 3 saturated carbocycles. The zero-order valence-corrected chi connectivity index (χ0v) is 20.6. The molecule has 0 aromatic carbocycles. The lowest BCUT2D eigenvalue weighted by atomic mass is 9.91. The molecule has 1 aromatic heterocycles. The van der Waals surface area contributed by atoms with E-state index in [1.165, 1.54) is 18.4 Å². The summed E-state index contributed by atoms with van der Waals surface area (Å²) in [4.78, 5) is 37.2. The number of pyridine rings is 1. The summed E-state index contributed by atoms with van der Waals surface area (Å²) in [7, 11) is 0. The van der Waals surface area contributed by atoms with E-state index in [1.807, 2.05) is 17.9 Å². The van der Waals surface area contributed by atoms with Gasteiger partial charge in [-0.3, -0.25) is 9.59 Å². The highest BCUT2D eigenvalue weighted by molar-refractivity contribution is 5.82. The predicted octanol–water partition coefficient (Wildman–Crippen LogP) is 2.97. The second kappa shape index (κ2) is 8.86. The second-order valence-corrected chi connectivity index (χ2v) is 10.9. The van der Waals surface area contributed by atoms with E-state index in [4.69, 9.17) is 10.2 Å². The zero-order valence-electron chi connectivity index (χ0n) is 20.6. The Morgan fingerprint density at radius 3 is 2.51 bits per heavy atom. The van der Waals surface area contributed by atoms with Crippen molar-refractivity contribution >= 4 is 17.6 Å². The molecule has 2 amide bonds. The maximum absolute atomic E-state index is 13.0. The van der Waals surface area contributed by atoms with E-state index in [-0.39, 0.29) is 24.3 Å². The van der Waals surface area contributed by atoms with Gasteiger partial charge < -0.3 is 14.7 Å². The van der Waals surface area contributed by atoms with Crippen LogP contribution in [0.4, 0.5) is 5.82 Å². The van der Waals surface area contributed by atoms with Gasteiger partial charge in [-0.2, -0.15) is 5.26 Å². The van der Waals surface area contributed by atoms with Crippen LogP contribution in [0.2, 0.25) is 0 Å². The van der Waals surface area contributed by atoms with Crippen LogP contribution in [-0.4, -0.2) is 58.8 Å². The number of carbonyl (C=O) groups is 2. The molecular weight excluding hydrogens is 438 g/mol. The van der Waals surface area contributed by atoms with E-state index in [0.717, 1.165) is 74.4 Å². The molecule has 5 aliphatic rings. The first-order valence-corrected chi connectivity index (χ1v) is 13.3. The predicted molar refractivity (Wildman–Crippen MR) is 131 cm³/mol. The molecule has 182 valence electrons. The molecule has 7 heteroatoms. The first-order valence-electron chi connectivity index (χ1n) is 13.3. The highest BCUT2D eigenvalue weighted by Gasteiger charge is 2.45. The molecule has 0 bridgehead atoms. The van der Waals surface area contributed by atoms with E-state index in [0.29, 0.717) is 30.8 Å². The van der Waals surface area contributed by atoms with Gasteiger partial charge in [-0.1, -0.05) is 5.92 Å². The van der Waals surface area contributed by atoms with E-state index >= 15 is 0 Å². The number of nitriles is 1. The van der Waals surface area contributed by atoms with Crippen LogP contribution < -0.4 is 4.90 Å². The molecule has 6 rings (SSSR count). The minimum atomic E-state index is -0.101. The van der Waals surface area contributed by atoms with Crippen LogP contribution in [0.3, 0.4) is 0 Å². The standard InChI is InChI=1S/C28H33N5O2/c1-2-3-22-21-11-13-31(25(34)10-12-29)16-23(21)26(19-6-7-19)30-27(22)32-14-15-33(28(35)20-8-9-20)24(17-32)18-4-5-18/h18-20,24H,4-11,13-17H2,1H3. The van der Waals surface area contributed by atoms with E-state index in [1.54, 1.807) is 0 Å². The molecule has 7 nitrogen and oxygen atoms in total. The van der Waals surface area contributed by atoms with Crippen molar-refractivity contribution in [1.82, 2.24) is 14.8 Å². The van der Waals surface area contributed by atoms with Crippen LogP contribution >= 0.6 is 0 Å². The van der Waals surface area contributed by atoms with E-state index in [2.05, 4.69) is 21.6 Å². The maximum atomic E-state index is 13.0. The molecule has 1 unspecified atom stereocenters. The Bertz CT molecular complexity index is 1160. The summed E-state index contributed by atoms with van der Waals surface area (Å²) in [5, 5.41) is 9.00. The van der Waals surface area contributed by atoms with E-state index < -0.39 is 0 Å². The van der Waals surface area contributed by atoms with Crippen LogP contribution in [0, 0.1) is 35.0 Å². The quantitative estimate of drug-likeness (QED) is 0.617. The second-order valence-electron chi connectivity index (χ2n) is 10.9. The lowest BCUT2D eigenvalue weighted by Crippen LogP contribution is -2.57. The van der Waals surface area contributed by atoms with Crippen molar-refractivity contribution < 1.29 is 9.59 Å². The van der Waals surface area contributed by atoms with Crippen molar-refractivity contribution in [3.8, 4) is 17.9 Å². The Balaban J connectivity index is 1.35.